The summed E-state index contributed by atoms with van der Waals surface area (Å²) in [5, 5.41) is -1.08. The Hall–Kier alpha value is -1.30. The molecular weight excluding hydrogens is 264 g/mol. The van der Waals surface area contributed by atoms with E-state index in [1.165, 1.54) is 6.92 Å². The normalized spacial score (nSPS) is 13.3. The Morgan fingerprint density at radius 1 is 1.41 bits per heavy atom. The molecule has 0 fully saturated rings. The number of para-hydroxylation sites is 1. The number of carbonyl (C=O) groups is 1. The lowest BCUT2D eigenvalue weighted by molar-refractivity contribution is -0.275. The Morgan fingerprint density at radius 3 is 2.47 bits per heavy atom. The first-order chi connectivity index (χ1) is 7.72. The van der Waals surface area contributed by atoms with Crippen LogP contribution in [0.1, 0.15) is 17.3 Å². The molecule has 2 nitrogen and oxygen atoms in total. The number of benzene rings is 1. The van der Waals surface area contributed by atoms with Crippen molar-refractivity contribution < 1.29 is 27.1 Å². The molecule has 0 saturated carbocycles. The van der Waals surface area contributed by atoms with E-state index in [0.717, 1.165) is 18.2 Å². The van der Waals surface area contributed by atoms with E-state index in [2.05, 4.69) is 4.74 Å². The topological polar surface area (TPSA) is 26.3 Å². The van der Waals surface area contributed by atoms with Crippen LogP contribution < -0.4 is 4.74 Å². The van der Waals surface area contributed by atoms with Crippen LogP contribution in [0.4, 0.5) is 17.6 Å². The van der Waals surface area contributed by atoms with E-state index in [1.807, 2.05) is 0 Å². The Bertz CT molecular complexity index is 429. The first kappa shape index (κ1) is 13.8. The van der Waals surface area contributed by atoms with E-state index in [4.69, 9.17) is 11.6 Å². The van der Waals surface area contributed by atoms with Crippen molar-refractivity contribution >= 4 is 17.4 Å². The highest BCUT2D eigenvalue weighted by Gasteiger charge is 2.34. The van der Waals surface area contributed by atoms with Gasteiger partial charge < -0.3 is 4.74 Å². The van der Waals surface area contributed by atoms with Gasteiger partial charge in [-0.1, -0.05) is 6.07 Å². The number of ether oxygens (including phenoxy) is 1. The zero-order valence-corrected chi connectivity index (χ0v) is 9.27. The number of hydrogen-bond acceptors (Lipinski definition) is 2. The van der Waals surface area contributed by atoms with Gasteiger partial charge in [0.15, 0.2) is 17.3 Å². The van der Waals surface area contributed by atoms with E-state index in [1.54, 1.807) is 0 Å². The fourth-order valence-electron chi connectivity index (χ4n) is 1.14. The quantitative estimate of drug-likeness (QED) is 0.477. The van der Waals surface area contributed by atoms with Gasteiger partial charge in [0.25, 0.3) is 0 Å². The van der Waals surface area contributed by atoms with Crippen molar-refractivity contribution in [2.75, 3.05) is 0 Å². The molecule has 94 valence electrons. The maximum atomic E-state index is 13.2. The van der Waals surface area contributed by atoms with E-state index in [9.17, 15) is 22.4 Å². The molecule has 1 aromatic carbocycles. The van der Waals surface area contributed by atoms with Crippen LogP contribution in [0.25, 0.3) is 0 Å². The van der Waals surface area contributed by atoms with Crippen LogP contribution in [0.3, 0.4) is 0 Å². The maximum Gasteiger partial charge on any atom is 0.573 e. The van der Waals surface area contributed by atoms with Crippen molar-refractivity contribution in [1.29, 1.82) is 0 Å². The smallest absolute Gasteiger partial charge is 0.402 e. The van der Waals surface area contributed by atoms with Crippen molar-refractivity contribution in [2.45, 2.75) is 18.7 Å². The van der Waals surface area contributed by atoms with Crippen LogP contribution in [0.15, 0.2) is 18.2 Å². The summed E-state index contributed by atoms with van der Waals surface area (Å²) in [6.07, 6.45) is -5.08. The summed E-state index contributed by atoms with van der Waals surface area (Å²) < 4.78 is 52.8. The van der Waals surface area contributed by atoms with Crippen molar-refractivity contribution in [3.63, 3.8) is 0 Å². The summed E-state index contributed by atoms with van der Waals surface area (Å²) in [6, 6.07) is 2.88. The van der Waals surface area contributed by atoms with Crippen molar-refractivity contribution in [3.05, 3.63) is 29.6 Å². The first-order valence-electron chi connectivity index (χ1n) is 4.45. The van der Waals surface area contributed by atoms with Crippen LogP contribution in [-0.4, -0.2) is 17.5 Å². The fourth-order valence-corrected chi connectivity index (χ4v) is 1.25. The largest absolute Gasteiger partial charge is 0.573 e. The molecule has 1 atom stereocenters. The van der Waals surface area contributed by atoms with Crippen molar-refractivity contribution in [1.82, 2.24) is 0 Å². The zero-order chi connectivity index (χ0) is 13.2. The van der Waals surface area contributed by atoms with E-state index < -0.39 is 34.7 Å². The summed E-state index contributed by atoms with van der Waals surface area (Å²) in [7, 11) is 0. The van der Waals surface area contributed by atoms with Crippen LogP contribution in [0, 0.1) is 5.82 Å². The molecule has 0 heterocycles. The third-order valence-corrected chi connectivity index (χ3v) is 2.01. The number of carbonyl (C=O) groups excluding carboxylic acids is 1. The molecule has 7 heteroatoms. The molecule has 1 rings (SSSR count). The van der Waals surface area contributed by atoms with Crippen LogP contribution in [-0.2, 0) is 0 Å². The third-order valence-electron chi connectivity index (χ3n) is 1.81. The van der Waals surface area contributed by atoms with Gasteiger partial charge in [0.2, 0.25) is 0 Å². The van der Waals surface area contributed by atoms with Gasteiger partial charge in [0.05, 0.1) is 10.9 Å². The predicted octanol–water partition coefficient (Wildman–Crippen LogP) is 3.53. The molecule has 0 aliphatic carbocycles. The standard InChI is InChI=1S/C10H7ClF4O2/c1-5(11)8(16)6-3-2-4-7(12)9(6)17-10(13,14)15/h2-5H,1H3. The molecule has 0 aromatic heterocycles. The number of hydrogen-bond donors (Lipinski definition) is 0. The van der Waals surface area contributed by atoms with E-state index in [0.29, 0.717) is 0 Å². The summed E-state index contributed by atoms with van der Waals surface area (Å²) in [4.78, 5) is 11.5. The highest BCUT2D eigenvalue weighted by molar-refractivity contribution is 6.33. The second-order valence-corrected chi connectivity index (χ2v) is 3.80. The Labute approximate surface area is 99.1 Å². The Balaban J connectivity index is 3.22. The van der Waals surface area contributed by atoms with Crippen LogP contribution in [0.5, 0.6) is 5.75 Å². The zero-order valence-electron chi connectivity index (χ0n) is 8.52. The monoisotopic (exact) mass is 270 g/mol. The lowest BCUT2D eigenvalue weighted by atomic mass is 10.1. The summed E-state index contributed by atoms with van der Waals surface area (Å²) in [5.74, 6) is -3.27. The molecule has 1 unspecified atom stereocenters. The van der Waals surface area contributed by atoms with Gasteiger partial charge in [-0.3, -0.25) is 4.79 Å². The SMILES string of the molecule is CC(Cl)C(=O)c1cccc(F)c1OC(F)(F)F. The van der Waals surface area contributed by atoms with Gasteiger partial charge >= 0.3 is 6.36 Å². The molecule has 0 aliphatic rings. The maximum absolute atomic E-state index is 13.2. The molecule has 0 N–H and O–H groups in total. The molecule has 0 radical (unpaired) electrons. The van der Waals surface area contributed by atoms with Gasteiger partial charge in [0, 0.05) is 0 Å². The molecule has 0 bridgehead atoms. The Morgan fingerprint density at radius 2 is 2.00 bits per heavy atom. The van der Waals surface area contributed by atoms with E-state index in [-0.39, 0.29) is 0 Å². The average molecular weight is 271 g/mol. The van der Waals surface area contributed by atoms with Gasteiger partial charge in [0.1, 0.15) is 0 Å². The molecule has 0 aliphatic heterocycles. The first-order valence-corrected chi connectivity index (χ1v) is 4.88. The number of ketones is 1. The second kappa shape index (κ2) is 4.91. The lowest BCUT2D eigenvalue weighted by Crippen LogP contribution is -2.21. The lowest BCUT2D eigenvalue weighted by Gasteiger charge is -2.13. The molecule has 1 aromatic rings. The summed E-state index contributed by atoms with van der Waals surface area (Å²) in [5.41, 5.74) is -0.537. The minimum absolute atomic E-state index is 0.537. The van der Waals surface area contributed by atoms with Crippen molar-refractivity contribution in [2.24, 2.45) is 0 Å². The molecular formula is C10H7ClF4O2. The molecule has 0 spiro atoms. The fraction of sp³-hybridized carbons (Fsp3) is 0.300. The summed E-state index contributed by atoms with van der Waals surface area (Å²) in [6.45, 7) is 1.27. The second-order valence-electron chi connectivity index (χ2n) is 3.14. The average Bonchev–Trinajstić information content (AvgIpc) is 2.18. The van der Waals surface area contributed by atoms with Crippen LogP contribution in [0.2, 0.25) is 0 Å². The number of alkyl halides is 4. The highest BCUT2D eigenvalue weighted by atomic mass is 35.5. The Kier molecular flexibility index (Phi) is 3.98. The molecule has 0 saturated heterocycles. The van der Waals surface area contributed by atoms with E-state index >= 15 is 0 Å². The van der Waals surface area contributed by atoms with Crippen LogP contribution >= 0.6 is 11.6 Å². The minimum atomic E-state index is -5.08. The predicted molar refractivity (Wildman–Crippen MR) is 52.7 cm³/mol. The van der Waals surface area contributed by atoms with Gasteiger partial charge in [-0.05, 0) is 19.1 Å². The highest BCUT2D eigenvalue weighted by Crippen LogP contribution is 2.30. The molecule has 17 heavy (non-hydrogen) atoms. The van der Waals surface area contributed by atoms with Gasteiger partial charge in [-0.25, -0.2) is 4.39 Å². The minimum Gasteiger partial charge on any atom is -0.402 e. The van der Waals surface area contributed by atoms with Gasteiger partial charge in [-0.2, -0.15) is 0 Å². The number of Topliss-reactive ketones (excluding diaryl/α,β-unsaturated/α-hetero) is 1. The molecule has 0 amide bonds. The van der Waals surface area contributed by atoms with Gasteiger partial charge in [-0.15, -0.1) is 24.8 Å². The number of halogens is 5. The third kappa shape index (κ3) is 3.59. The summed E-state index contributed by atoms with van der Waals surface area (Å²) >= 11 is 5.45. The van der Waals surface area contributed by atoms with Crippen molar-refractivity contribution in [3.8, 4) is 5.75 Å². The number of rotatable bonds is 3.